The third kappa shape index (κ3) is 1.32. The molecule has 1 aromatic rings. The number of hydrogen-bond acceptors (Lipinski definition) is 1. The maximum absolute atomic E-state index is 5.72. The topological polar surface area (TPSA) is 9.23 Å². The second-order valence-corrected chi connectivity index (χ2v) is 3.61. The summed E-state index contributed by atoms with van der Waals surface area (Å²) in [5.41, 5.74) is 2.77. The lowest BCUT2D eigenvalue weighted by Crippen LogP contribution is -1.97. The first-order chi connectivity index (χ1) is 6.36. The van der Waals surface area contributed by atoms with E-state index in [9.17, 15) is 0 Å². The number of para-hydroxylation sites is 1. The van der Waals surface area contributed by atoms with Crippen LogP contribution in [0.4, 0.5) is 0 Å². The first-order valence-electron chi connectivity index (χ1n) is 5.11. The van der Waals surface area contributed by atoms with Gasteiger partial charge >= 0.3 is 0 Å². The van der Waals surface area contributed by atoms with Crippen LogP contribution in [0.25, 0.3) is 0 Å². The van der Waals surface area contributed by atoms with Crippen LogP contribution in [0.15, 0.2) is 18.2 Å². The summed E-state index contributed by atoms with van der Waals surface area (Å²) >= 11 is 0. The molecule has 0 saturated heterocycles. The first-order valence-corrected chi connectivity index (χ1v) is 5.11. The van der Waals surface area contributed by atoms with Gasteiger partial charge in [0.05, 0.1) is 6.61 Å². The Kier molecular flexibility index (Phi) is 2.26. The summed E-state index contributed by atoms with van der Waals surface area (Å²) in [6, 6.07) is 6.52. The van der Waals surface area contributed by atoms with E-state index in [0.717, 1.165) is 18.8 Å². The molecule has 0 N–H and O–H groups in total. The molecule has 1 aromatic carbocycles. The summed E-state index contributed by atoms with van der Waals surface area (Å²) in [5, 5.41) is 0. The molecule has 1 nitrogen and oxygen atoms in total. The lowest BCUT2D eigenvalue weighted by Gasteiger charge is -2.05. The van der Waals surface area contributed by atoms with Crippen molar-refractivity contribution in [1.29, 1.82) is 0 Å². The third-order valence-electron chi connectivity index (χ3n) is 2.87. The largest absolute Gasteiger partial charge is 0.492 e. The van der Waals surface area contributed by atoms with Gasteiger partial charge in [-0.05, 0) is 18.4 Å². The molecule has 0 amide bonds. The van der Waals surface area contributed by atoms with Gasteiger partial charge in [0, 0.05) is 11.5 Å². The van der Waals surface area contributed by atoms with Crippen LogP contribution in [0.5, 0.6) is 5.75 Å². The van der Waals surface area contributed by atoms with Crippen molar-refractivity contribution >= 4 is 0 Å². The summed E-state index contributed by atoms with van der Waals surface area (Å²) in [6.45, 7) is 5.28. The van der Waals surface area contributed by atoms with Gasteiger partial charge in [-0.15, -0.1) is 0 Å². The first kappa shape index (κ1) is 8.61. The van der Waals surface area contributed by atoms with Gasteiger partial charge in [-0.25, -0.2) is 0 Å². The Hall–Kier alpha value is -0.980. The van der Waals surface area contributed by atoms with E-state index in [1.165, 1.54) is 17.5 Å². The summed E-state index contributed by atoms with van der Waals surface area (Å²) in [6.07, 6.45) is 2.25. The van der Waals surface area contributed by atoms with E-state index >= 15 is 0 Å². The Bertz CT molecular complexity index is 304. The van der Waals surface area contributed by atoms with Crippen molar-refractivity contribution in [2.24, 2.45) is 0 Å². The van der Waals surface area contributed by atoms with Gasteiger partial charge in [0.15, 0.2) is 0 Å². The Morgan fingerprint density at radius 3 is 2.92 bits per heavy atom. The Labute approximate surface area is 79.7 Å². The number of aryl methyl sites for hydroxylation is 1. The molecule has 1 heteroatoms. The van der Waals surface area contributed by atoms with Crippen molar-refractivity contribution in [3.05, 3.63) is 29.3 Å². The lowest BCUT2D eigenvalue weighted by atomic mass is 9.96. The molecule has 1 heterocycles. The van der Waals surface area contributed by atoms with Crippen molar-refractivity contribution in [3.63, 3.8) is 0 Å². The molecule has 0 radical (unpaired) electrons. The number of benzene rings is 1. The van der Waals surface area contributed by atoms with Crippen LogP contribution in [-0.4, -0.2) is 6.61 Å². The minimum atomic E-state index is 0.626. The standard InChI is InChI=1S/C12H16O/c1-3-9-6-5-7-11-10(4-2)8-13-12(9)11/h5-7,10H,3-4,8H2,1-2H3. The third-order valence-corrected chi connectivity index (χ3v) is 2.87. The predicted octanol–water partition coefficient (Wildman–Crippen LogP) is 3.14. The number of fused-ring (bicyclic) bond motifs is 1. The summed E-state index contributed by atoms with van der Waals surface area (Å²) in [7, 11) is 0. The Morgan fingerprint density at radius 2 is 2.23 bits per heavy atom. The van der Waals surface area contributed by atoms with Gasteiger partial charge in [-0.1, -0.05) is 32.0 Å². The maximum Gasteiger partial charge on any atom is 0.126 e. The van der Waals surface area contributed by atoms with Gasteiger partial charge < -0.3 is 4.74 Å². The summed E-state index contributed by atoms with van der Waals surface area (Å²) < 4.78 is 5.72. The highest BCUT2D eigenvalue weighted by Gasteiger charge is 2.23. The number of rotatable bonds is 2. The van der Waals surface area contributed by atoms with Crippen LogP contribution in [0.2, 0.25) is 0 Å². The van der Waals surface area contributed by atoms with Crippen molar-refractivity contribution in [2.45, 2.75) is 32.6 Å². The minimum absolute atomic E-state index is 0.626. The fourth-order valence-electron chi connectivity index (χ4n) is 1.99. The van der Waals surface area contributed by atoms with Crippen LogP contribution in [0.3, 0.4) is 0 Å². The molecule has 2 rings (SSSR count). The van der Waals surface area contributed by atoms with E-state index in [1.807, 2.05) is 0 Å². The highest BCUT2D eigenvalue weighted by molar-refractivity contribution is 5.46. The van der Waals surface area contributed by atoms with Crippen LogP contribution in [-0.2, 0) is 6.42 Å². The molecule has 0 aliphatic carbocycles. The fourth-order valence-corrected chi connectivity index (χ4v) is 1.99. The second-order valence-electron chi connectivity index (χ2n) is 3.61. The van der Waals surface area contributed by atoms with Crippen LogP contribution >= 0.6 is 0 Å². The van der Waals surface area contributed by atoms with Gasteiger partial charge in [0.2, 0.25) is 0 Å². The normalized spacial score (nSPS) is 19.7. The molecule has 0 saturated carbocycles. The number of ether oxygens (including phenoxy) is 1. The van der Waals surface area contributed by atoms with Crippen molar-refractivity contribution in [3.8, 4) is 5.75 Å². The van der Waals surface area contributed by atoms with E-state index in [4.69, 9.17) is 4.74 Å². The van der Waals surface area contributed by atoms with Gasteiger partial charge in [-0.3, -0.25) is 0 Å². The molecular weight excluding hydrogens is 160 g/mol. The van der Waals surface area contributed by atoms with Crippen LogP contribution in [0.1, 0.15) is 37.3 Å². The second kappa shape index (κ2) is 3.41. The predicted molar refractivity (Wildman–Crippen MR) is 54.3 cm³/mol. The molecule has 0 fully saturated rings. The highest BCUT2D eigenvalue weighted by Crippen LogP contribution is 2.38. The molecule has 0 aromatic heterocycles. The number of hydrogen-bond donors (Lipinski definition) is 0. The quantitative estimate of drug-likeness (QED) is 0.672. The zero-order valence-electron chi connectivity index (χ0n) is 8.34. The highest BCUT2D eigenvalue weighted by atomic mass is 16.5. The van der Waals surface area contributed by atoms with Crippen molar-refractivity contribution in [2.75, 3.05) is 6.61 Å². The lowest BCUT2D eigenvalue weighted by molar-refractivity contribution is 0.326. The van der Waals surface area contributed by atoms with Gasteiger partial charge in [0.1, 0.15) is 5.75 Å². The molecule has 1 aliphatic rings. The minimum Gasteiger partial charge on any atom is -0.492 e. The van der Waals surface area contributed by atoms with Crippen molar-refractivity contribution < 1.29 is 4.74 Å². The molecule has 0 bridgehead atoms. The van der Waals surface area contributed by atoms with Crippen LogP contribution < -0.4 is 4.74 Å². The van der Waals surface area contributed by atoms with E-state index in [1.54, 1.807) is 0 Å². The van der Waals surface area contributed by atoms with E-state index in [-0.39, 0.29) is 0 Å². The molecule has 1 aliphatic heterocycles. The summed E-state index contributed by atoms with van der Waals surface area (Å²) in [4.78, 5) is 0. The Balaban J connectivity index is 2.43. The average Bonchev–Trinajstić information content (AvgIpc) is 2.60. The fraction of sp³-hybridized carbons (Fsp3) is 0.500. The van der Waals surface area contributed by atoms with Gasteiger partial charge in [-0.2, -0.15) is 0 Å². The molecule has 0 spiro atoms. The van der Waals surface area contributed by atoms with Crippen molar-refractivity contribution in [1.82, 2.24) is 0 Å². The smallest absolute Gasteiger partial charge is 0.126 e. The molecule has 1 unspecified atom stereocenters. The Morgan fingerprint density at radius 1 is 1.38 bits per heavy atom. The van der Waals surface area contributed by atoms with E-state index in [2.05, 4.69) is 32.0 Å². The zero-order chi connectivity index (χ0) is 9.26. The monoisotopic (exact) mass is 176 g/mol. The summed E-state index contributed by atoms with van der Waals surface area (Å²) in [5.74, 6) is 1.79. The molecular formula is C12H16O. The average molecular weight is 176 g/mol. The maximum atomic E-state index is 5.72. The SMILES string of the molecule is CCc1cccc2c1OCC2CC. The molecule has 70 valence electrons. The molecule has 13 heavy (non-hydrogen) atoms. The van der Waals surface area contributed by atoms with Crippen LogP contribution in [0, 0.1) is 0 Å². The zero-order valence-corrected chi connectivity index (χ0v) is 8.34. The van der Waals surface area contributed by atoms with E-state index < -0.39 is 0 Å². The van der Waals surface area contributed by atoms with Gasteiger partial charge in [0.25, 0.3) is 0 Å². The van der Waals surface area contributed by atoms with E-state index in [0.29, 0.717) is 5.92 Å². The molecule has 1 atom stereocenters.